The predicted molar refractivity (Wildman–Crippen MR) is 110 cm³/mol. The van der Waals surface area contributed by atoms with Gasteiger partial charge in [-0.1, -0.05) is 0 Å². The third kappa shape index (κ3) is 3.37. The molecule has 2 aliphatic rings. The summed E-state index contributed by atoms with van der Waals surface area (Å²) in [7, 11) is 5.17. The van der Waals surface area contributed by atoms with Gasteiger partial charge in [0.15, 0.2) is 0 Å². The van der Waals surface area contributed by atoms with Crippen LogP contribution in [0.15, 0.2) is 36.4 Å². The van der Waals surface area contributed by atoms with E-state index in [0.29, 0.717) is 29.2 Å². The first-order valence-corrected chi connectivity index (χ1v) is 9.70. The van der Waals surface area contributed by atoms with Crippen LogP contribution in [0.2, 0.25) is 0 Å². The maximum absolute atomic E-state index is 12.8. The molecular formula is C22H25N3O4. The van der Waals surface area contributed by atoms with Crippen molar-refractivity contribution < 1.29 is 19.1 Å². The van der Waals surface area contributed by atoms with Crippen LogP contribution < -0.4 is 19.7 Å². The largest absolute Gasteiger partial charge is 0.497 e. The SMILES string of the molecule is COc1ccc(OC)c(CNC(=O)c2ccc3c(c2)N(C)[C@@H]2CCCN2C3=O)c1. The Morgan fingerprint density at radius 2 is 2.00 bits per heavy atom. The zero-order valence-electron chi connectivity index (χ0n) is 16.9. The minimum atomic E-state index is -0.202. The molecule has 29 heavy (non-hydrogen) atoms. The number of benzene rings is 2. The summed E-state index contributed by atoms with van der Waals surface area (Å²) in [6, 6.07) is 10.7. The van der Waals surface area contributed by atoms with Gasteiger partial charge in [-0.15, -0.1) is 0 Å². The normalized spacial score (nSPS) is 17.6. The van der Waals surface area contributed by atoms with Gasteiger partial charge >= 0.3 is 0 Å². The molecule has 4 rings (SSSR count). The van der Waals surface area contributed by atoms with Gasteiger partial charge in [-0.2, -0.15) is 0 Å². The Labute approximate surface area is 170 Å². The number of anilines is 1. The number of hydrogen-bond acceptors (Lipinski definition) is 5. The second-order valence-electron chi connectivity index (χ2n) is 7.32. The molecule has 1 fully saturated rings. The third-order valence-corrected chi connectivity index (χ3v) is 5.73. The summed E-state index contributed by atoms with van der Waals surface area (Å²) in [5, 5.41) is 2.93. The molecule has 1 saturated heterocycles. The van der Waals surface area contributed by atoms with Gasteiger partial charge < -0.3 is 24.6 Å². The van der Waals surface area contributed by atoms with Gasteiger partial charge in [0.25, 0.3) is 11.8 Å². The lowest BCUT2D eigenvalue weighted by Crippen LogP contribution is -2.50. The van der Waals surface area contributed by atoms with E-state index in [4.69, 9.17) is 9.47 Å². The van der Waals surface area contributed by atoms with Crippen molar-refractivity contribution in [3.8, 4) is 11.5 Å². The highest BCUT2D eigenvalue weighted by Crippen LogP contribution is 2.35. The van der Waals surface area contributed by atoms with Crippen LogP contribution in [0.1, 0.15) is 39.1 Å². The molecule has 0 saturated carbocycles. The Bertz CT molecular complexity index is 959. The molecule has 0 bridgehead atoms. The number of fused-ring (bicyclic) bond motifs is 2. The molecule has 2 aromatic rings. The molecule has 2 heterocycles. The van der Waals surface area contributed by atoms with Gasteiger partial charge in [-0.3, -0.25) is 9.59 Å². The van der Waals surface area contributed by atoms with E-state index in [0.717, 1.165) is 30.6 Å². The minimum Gasteiger partial charge on any atom is -0.497 e. The third-order valence-electron chi connectivity index (χ3n) is 5.73. The number of hydrogen-bond donors (Lipinski definition) is 1. The summed E-state index contributed by atoms with van der Waals surface area (Å²) >= 11 is 0. The Hall–Kier alpha value is -3.22. The summed E-state index contributed by atoms with van der Waals surface area (Å²) in [5.41, 5.74) is 2.81. The lowest BCUT2D eigenvalue weighted by Gasteiger charge is -2.40. The van der Waals surface area contributed by atoms with Crippen molar-refractivity contribution in [2.24, 2.45) is 0 Å². The van der Waals surface area contributed by atoms with Crippen molar-refractivity contribution in [1.29, 1.82) is 0 Å². The molecular weight excluding hydrogens is 370 g/mol. The first-order valence-electron chi connectivity index (χ1n) is 9.70. The number of rotatable bonds is 5. The quantitative estimate of drug-likeness (QED) is 0.843. The molecule has 0 aromatic heterocycles. The van der Waals surface area contributed by atoms with E-state index in [9.17, 15) is 9.59 Å². The van der Waals surface area contributed by atoms with E-state index in [-0.39, 0.29) is 18.0 Å². The highest BCUT2D eigenvalue weighted by Gasteiger charge is 2.38. The molecule has 1 N–H and O–H groups in total. The average Bonchev–Trinajstić information content (AvgIpc) is 3.25. The summed E-state index contributed by atoms with van der Waals surface area (Å²) < 4.78 is 10.6. The van der Waals surface area contributed by atoms with Crippen LogP contribution in [0.5, 0.6) is 11.5 Å². The predicted octanol–water partition coefficient (Wildman–Crippen LogP) is 2.65. The molecule has 2 aliphatic heterocycles. The summed E-state index contributed by atoms with van der Waals surface area (Å²) in [6.07, 6.45) is 2.03. The average molecular weight is 395 g/mol. The Morgan fingerprint density at radius 1 is 1.17 bits per heavy atom. The number of amides is 2. The highest BCUT2D eigenvalue weighted by atomic mass is 16.5. The molecule has 0 aliphatic carbocycles. The van der Waals surface area contributed by atoms with Crippen LogP contribution in [0, 0.1) is 0 Å². The van der Waals surface area contributed by atoms with Crippen molar-refractivity contribution in [2.75, 3.05) is 32.7 Å². The Balaban J connectivity index is 1.54. The molecule has 2 amide bonds. The maximum Gasteiger partial charge on any atom is 0.257 e. The number of carbonyl (C=O) groups excluding carboxylic acids is 2. The maximum atomic E-state index is 12.8. The van der Waals surface area contributed by atoms with Gasteiger partial charge in [0.1, 0.15) is 17.7 Å². The van der Waals surface area contributed by atoms with E-state index in [1.54, 1.807) is 32.4 Å². The fourth-order valence-corrected chi connectivity index (χ4v) is 4.15. The minimum absolute atomic E-state index is 0.0497. The standard InChI is InChI=1S/C22H25N3O4/c1-24-18-12-14(6-8-17(18)22(27)25-10-4-5-20(24)25)21(26)23-13-15-11-16(28-2)7-9-19(15)29-3/h6-9,11-12,20H,4-5,10,13H2,1-3H3,(H,23,26)/t20-/m0/s1. The van der Waals surface area contributed by atoms with Gasteiger partial charge in [-0.25, -0.2) is 0 Å². The van der Waals surface area contributed by atoms with Crippen molar-refractivity contribution in [3.63, 3.8) is 0 Å². The monoisotopic (exact) mass is 395 g/mol. The summed E-state index contributed by atoms with van der Waals surface area (Å²) in [4.78, 5) is 29.5. The van der Waals surface area contributed by atoms with Gasteiger partial charge in [0.05, 0.1) is 25.5 Å². The molecule has 7 nitrogen and oxygen atoms in total. The zero-order valence-corrected chi connectivity index (χ0v) is 16.9. The molecule has 0 unspecified atom stereocenters. The molecule has 2 aromatic carbocycles. The van der Waals surface area contributed by atoms with Crippen LogP contribution in [-0.4, -0.2) is 50.7 Å². The Morgan fingerprint density at radius 3 is 2.76 bits per heavy atom. The van der Waals surface area contributed by atoms with E-state index >= 15 is 0 Å². The zero-order chi connectivity index (χ0) is 20.5. The fourth-order valence-electron chi connectivity index (χ4n) is 4.15. The molecule has 0 radical (unpaired) electrons. The number of carbonyl (C=O) groups is 2. The lowest BCUT2D eigenvalue weighted by molar-refractivity contribution is 0.0719. The smallest absolute Gasteiger partial charge is 0.257 e. The van der Waals surface area contributed by atoms with Crippen LogP contribution in [0.25, 0.3) is 0 Å². The van der Waals surface area contributed by atoms with Crippen molar-refractivity contribution in [2.45, 2.75) is 25.6 Å². The van der Waals surface area contributed by atoms with Crippen molar-refractivity contribution in [3.05, 3.63) is 53.1 Å². The van der Waals surface area contributed by atoms with Gasteiger partial charge in [-0.05, 0) is 49.2 Å². The molecule has 0 spiro atoms. The van der Waals surface area contributed by atoms with E-state index in [1.165, 1.54) is 0 Å². The van der Waals surface area contributed by atoms with Crippen LogP contribution in [0.3, 0.4) is 0 Å². The summed E-state index contributed by atoms with van der Waals surface area (Å²) in [5.74, 6) is 1.23. The van der Waals surface area contributed by atoms with Crippen LogP contribution >= 0.6 is 0 Å². The Kier molecular flexibility index (Phi) is 5.05. The van der Waals surface area contributed by atoms with E-state index in [2.05, 4.69) is 10.2 Å². The lowest BCUT2D eigenvalue weighted by atomic mass is 10.0. The fraction of sp³-hybridized carbons (Fsp3) is 0.364. The number of methoxy groups -OCH3 is 2. The number of ether oxygens (including phenoxy) is 2. The van der Waals surface area contributed by atoms with Crippen LogP contribution in [-0.2, 0) is 6.54 Å². The first-order chi connectivity index (χ1) is 14.0. The van der Waals surface area contributed by atoms with Gasteiger partial charge in [0, 0.05) is 31.3 Å². The molecule has 7 heteroatoms. The topological polar surface area (TPSA) is 71.1 Å². The molecule has 1 atom stereocenters. The first kappa shape index (κ1) is 19.1. The van der Waals surface area contributed by atoms with Gasteiger partial charge in [0.2, 0.25) is 0 Å². The summed E-state index contributed by atoms with van der Waals surface area (Å²) in [6.45, 7) is 1.10. The van der Waals surface area contributed by atoms with E-state index < -0.39 is 0 Å². The highest BCUT2D eigenvalue weighted by molar-refractivity contribution is 6.04. The number of nitrogens with one attached hydrogen (secondary N) is 1. The molecule has 152 valence electrons. The van der Waals surface area contributed by atoms with E-state index in [1.807, 2.05) is 30.1 Å². The van der Waals surface area contributed by atoms with Crippen LogP contribution in [0.4, 0.5) is 5.69 Å². The number of nitrogens with zero attached hydrogens (tertiary/aromatic N) is 2. The van der Waals surface area contributed by atoms with Crippen molar-refractivity contribution in [1.82, 2.24) is 10.2 Å². The second kappa shape index (κ2) is 7.66. The second-order valence-corrected chi connectivity index (χ2v) is 7.32. The van der Waals surface area contributed by atoms with Crippen molar-refractivity contribution >= 4 is 17.5 Å².